The maximum Gasteiger partial charge on any atom is 0.247 e. The van der Waals surface area contributed by atoms with E-state index in [9.17, 15) is 0 Å². The Kier molecular flexibility index (Phi) is 5.71. The van der Waals surface area contributed by atoms with Crippen molar-refractivity contribution in [3.63, 3.8) is 0 Å². The molecule has 160 valence electrons. The first-order valence-corrected chi connectivity index (χ1v) is 11.2. The second-order valence-electron chi connectivity index (χ2n) is 8.76. The molecule has 2 heterocycles. The molecular formula is C24H27N5OS. The Morgan fingerprint density at radius 3 is 2.16 bits per heavy atom. The van der Waals surface area contributed by atoms with E-state index in [0.29, 0.717) is 11.8 Å². The molecule has 2 aromatic heterocycles. The van der Waals surface area contributed by atoms with Gasteiger partial charge in [-0.3, -0.25) is 0 Å². The number of aryl methyl sites for hydroxylation is 1. The molecule has 0 saturated carbocycles. The van der Waals surface area contributed by atoms with Gasteiger partial charge in [0.25, 0.3) is 0 Å². The molecule has 0 fully saturated rings. The molecular weight excluding hydrogens is 406 g/mol. The fourth-order valence-electron chi connectivity index (χ4n) is 3.21. The van der Waals surface area contributed by atoms with Crippen molar-refractivity contribution in [2.45, 2.75) is 50.4 Å². The van der Waals surface area contributed by atoms with Gasteiger partial charge in [0.15, 0.2) is 11.0 Å². The number of benzene rings is 2. The summed E-state index contributed by atoms with van der Waals surface area (Å²) < 4.78 is 7.92. The molecule has 6 nitrogen and oxygen atoms in total. The highest BCUT2D eigenvalue weighted by molar-refractivity contribution is 7.99. The molecule has 0 N–H and O–H groups in total. The lowest BCUT2D eigenvalue weighted by Gasteiger charge is -2.19. The lowest BCUT2D eigenvalue weighted by atomic mass is 9.87. The van der Waals surface area contributed by atoms with Crippen LogP contribution < -0.4 is 0 Å². The van der Waals surface area contributed by atoms with Crippen LogP contribution in [0, 0.1) is 6.92 Å². The summed E-state index contributed by atoms with van der Waals surface area (Å²) in [5.41, 5.74) is 4.57. The lowest BCUT2D eigenvalue weighted by molar-refractivity contribution is 0.508. The first-order chi connectivity index (χ1) is 14.7. The summed E-state index contributed by atoms with van der Waals surface area (Å²) in [5, 5.41) is 18.0. The van der Waals surface area contributed by atoms with Crippen LogP contribution in [0.4, 0.5) is 0 Å². The topological polar surface area (TPSA) is 69.6 Å². The molecule has 0 aliphatic carbocycles. The third-order valence-corrected chi connectivity index (χ3v) is 6.33. The molecule has 0 spiro atoms. The van der Waals surface area contributed by atoms with E-state index in [4.69, 9.17) is 4.42 Å². The van der Waals surface area contributed by atoms with Crippen LogP contribution in [-0.4, -0.2) is 25.0 Å². The molecule has 1 atom stereocenters. The highest BCUT2D eigenvalue weighted by Crippen LogP contribution is 2.35. The van der Waals surface area contributed by atoms with Gasteiger partial charge in [-0.1, -0.05) is 74.5 Å². The Balaban J connectivity index is 1.50. The zero-order valence-electron chi connectivity index (χ0n) is 18.7. The molecule has 0 aliphatic rings. The first kappa shape index (κ1) is 21.3. The Labute approximate surface area is 187 Å². The predicted octanol–water partition coefficient (Wildman–Crippen LogP) is 5.99. The van der Waals surface area contributed by atoms with E-state index in [1.165, 1.54) is 11.1 Å². The second kappa shape index (κ2) is 8.30. The van der Waals surface area contributed by atoms with Crippen molar-refractivity contribution in [2.24, 2.45) is 7.05 Å². The minimum Gasteiger partial charge on any atom is -0.419 e. The number of thioether (sulfide) groups is 1. The molecule has 31 heavy (non-hydrogen) atoms. The Morgan fingerprint density at radius 1 is 0.871 bits per heavy atom. The summed E-state index contributed by atoms with van der Waals surface area (Å²) in [7, 11) is 1.98. The van der Waals surface area contributed by atoms with Gasteiger partial charge in [0.1, 0.15) is 0 Å². The van der Waals surface area contributed by atoms with E-state index < -0.39 is 0 Å². The molecule has 4 rings (SSSR count). The zero-order valence-corrected chi connectivity index (χ0v) is 19.6. The summed E-state index contributed by atoms with van der Waals surface area (Å²) in [5.74, 6) is 1.93. The van der Waals surface area contributed by atoms with Gasteiger partial charge in [0.2, 0.25) is 11.8 Å². The summed E-state index contributed by atoms with van der Waals surface area (Å²) >= 11 is 1.55. The van der Waals surface area contributed by atoms with Gasteiger partial charge >= 0.3 is 0 Å². The monoisotopic (exact) mass is 433 g/mol. The molecule has 2 aromatic carbocycles. The van der Waals surface area contributed by atoms with Crippen LogP contribution in [0.5, 0.6) is 0 Å². The van der Waals surface area contributed by atoms with E-state index in [1.807, 2.05) is 42.8 Å². The normalized spacial score (nSPS) is 12.8. The molecule has 0 amide bonds. The van der Waals surface area contributed by atoms with Crippen LogP contribution in [-0.2, 0) is 12.5 Å². The Bertz CT molecular complexity index is 1170. The van der Waals surface area contributed by atoms with Crippen LogP contribution in [0.15, 0.2) is 58.1 Å². The van der Waals surface area contributed by atoms with Crippen molar-refractivity contribution in [1.82, 2.24) is 25.0 Å². The molecule has 4 aromatic rings. The zero-order chi connectivity index (χ0) is 22.2. The van der Waals surface area contributed by atoms with E-state index in [0.717, 1.165) is 22.1 Å². The van der Waals surface area contributed by atoms with Crippen LogP contribution in [0.1, 0.15) is 50.0 Å². The van der Waals surface area contributed by atoms with Gasteiger partial charge in [0, 0.05) is 18.2 Å². The summed E-state index contributed by atoms with van der Waals surface area (Å²) in [6.45, 7) is 10.7. The standard InChI is InChI=1S/C24H27N5OS/c1-15-7-9-18(10-8-15)22-27-26-21(30-22)16(2)31-23-28-25-20(29(23)6)17-11-13-19(14-12-17)24(3,4)5/h7-14,16H,1-6H3. The summed E-state index contributed by atoms with van der Waals surface area (Å²) in [6.07, 6.45) is 0. The molecule has 7 heteroatoms. The van der Waals surface area contributed by atoms with Crippen LogP contribution in [0.2, 0.25) is 0 Å². The molecule has 0 radical (unpaired) electrons. The van der Waals surface area contributed by atoms with Gasteiger partial charge < -0.3 is 8.98 Å². The fourth-order valence-corrected chi connectivity index (χ4v) is 4.05. The minimum absolute atomic E-state index is 0.0503. The summed E-state index contributed by atoms with van der Waals surface area (Å²) in [6, 6.07) is 16.6. The minimum atomic E-state index is -0.0503. The van der Waals surface area contributed by atoms with Crippen molar-refractivity contribution in [3.8, 4) is 22.8 Å². The first-order valence-electron chi connectivity index (χ1n) is 10.3. The number of hydrogen-bond donors (Lipinski definition) is 0. The van der Waals surface area contributed by atoms with Crippen molar-refractivity contribution in [1.29, 1.82) is 0 Å². The fraction of sp³-hybridized carbons (Fsp3) is 0.333. The van der Waals surface area contributed by atoms with Gasteiger partial charge in [0.05, 0.1) is 5.25 Å². The van der Waals surface area contributed by atoms with Crippen LogP contribution in [0.25, 0.3) is 22.8 Å². The third kappa shape index (κ3) is 4.56. The van der Waals surface area contributed by atoms with E-state index in [1.54, 1.807) is 11.8 Å². The van der Waals surface area contributed by atoms with Crippen LogP contribution >= 0.6 is 11.8 Å². The number of aromatic nitrogens is 5. The van der Waals surface area contributed by atoms with Gasteiger partial charge in [-0.05, 0) is 37.0 Å². The SMILES string of the molecule is Cc1ccc(-c2nnc(C(C)Sc3nnc(-c4ccc(C(C)(C)C)cc4)n3C)o2)cc1. The van der Waals surface area contributed by atoms with E-state index in [2.05, 4.69) is 72.4 Å². The average molecular weight is 434 g/mol. The van der Waals surface area contributed by atoms with Crippen molar-refractivity contribution >= 4 is 11.8 Å². The van der Waals surface area contributed by atoms with Crippen molar-refractivity contribution in [2.75, 3.05) is 0 Å². The molecule has 0 bridgehead atoms. The van der Waals surface area contributed by atoms with Crippen molar-refractivity contribution < 1.29 is 4.42 Å². The van der Waals surface area contributed by atoms with E-state index in [-0.39, 0.29) is 10.7 Å². The number of rotatable bonds is 5. The van der Waals surface area contributed by atoms with Crippen molar-refractivity contribution in [3.05, 3.63) is 65.5 Å². The Hall–Kier alpha value is -2.93. The Morgan fingerprint density at radius 2 is 1.52 bits per heavy atom. The lowest BCUT2D eigenvalue weighted by Crippen LogP contribution is -2.10. The van der Waals surface area contributed by atoms with Gasteiger partial charge in [-0.2, -0.15) is 0 Å². The predicted molar refractivity (Wildman–Crippen MR) is 124 cm³/mol. The largest absolute Gasteiger partial charge is 0.419 e. The maximum absolute atomic E-state index is 5.92. The average Bonchev–Trinajstić information content (AvgIpc) is 3.36. The smallest absolute Gasteiger partial charge is 0.247 e. The highest BCUT2D eigenvalue weighted by Gasteiger charge is 2.21. The highest BCUT2D eigenvalue weighted by atomic mass is 32.2. The molecule has 0 aliphatic heterocycles. The quantitative estimate of drug-likeness (QED) is 0.360. The molecule has 1 unspecified atom stereocenters. The molecule has 0 saturated heterocycles. The second-order valence-corrected chi connectivity index (χ2v) is 10.1. The van der Waals surface area contributed by atoms with E-state index >= 15 is 0 Å². The van der Waals surface area contributed by atoms with Gasteiger partial charge in [-0.25, -0.2) is 0 Å². The van der Waals surface area contributed by atoms with Gasteiger partial charge in [-0.15, -0.1) is 20.4 Å². The van der Waals surface area contributed by atoms with Crippen LogP contribution in [0.3, 0.4) is 0 Å². The maximum atomic E-state index is 5.92. The number of hydrogen-bond acceptors (Lipinski definition) is 6. The third-order valence-electron chi connectivity index (χ3n) is 5.21. The number of nitrogens with zero attached hydrogens (tertiary/aromatic N) is 5. The summed E-state index contributed by atoms with van der Waals surface area (Å²) in [4.78, 5) is 0.